The predicted molar refractivity (Wildman–Crippen MR) is 170 cm³/mol. The van der Waals surface area contributed by atoms with Crippen molar-refractivity contribution in [3.63, 3.8) is 0 Å². The summed E-state index contributed by atoms with van der Waals surface area (Å²) in [6.07, 6.45) is 3.72. The van der Waals surface area contributed by atoms with Crippen LogP contribution >= 0.6 is 0 Å². The Balaban J connectivity index is 1.47. The van der Waals surface area contributed by atoms with Crippen molar-refractivity contribution in [2.24, 2.45) is 0 Å². The minimum atomic E-state index is 0.433. The number of fused-ring (bicyclic) bond motifs is 1. The lowest BCUT2D eigenvalue weighted by molar-refractivity contribution is 0.284. The quantitative estimate of drug-likeness (QED) is 0.200. The molecule has 0 bridgehead atoms. The molecule has 0 aliphatic heterocycles. The van der Waals surface area contributed by atoms with E-state index in [0.717, 1.165) is 33.8 Å². The van der Waals surface area contributed by atoms with Gasteiger partial charge in [-0.2, -0.15) is 0 Å². The van der Waals surface area contributed by atoms with Crippen LogP contribution in [0.25, 0.3) is 39.7 Å². The van der Waals surface area contributed by atoms with E-state index in [0.29, 0.717) is 46.6 Å². The molecule has 216 valence electrons. The van der Waals surface area contributed by atoms with Crippen molar-refractivity contribution >= 4 is 17.0 Å². The van der Waals surface area contributed by atoms with Crippen LogP contribution in [0.5, 0.6) is 17.2 Å². The van der Waals surface area contributed by atoms with E-state index in [9.17, 15) is 0 Å². The van der Waals surface area contributed by atoms with Crippen molar-refractivity contribution in [1.29, 1.82) is 0 Å². The molecule has 0 aliphatic rings. The molecule has 2 N–H and O–H groups in total. The number of nitrogens with two attached hydrogens (primary N) is 1. The highest BCUT2D eigenvalue weighted by Crippen LogP contribution is 2.42. The summed E-state index contributed by atoms with van der Waals surface area (Å²) >= 11 is 0. The van der Waals surface area contributed by atoms with Crippen LogP contribution in [-0.4, -0.2) is 47.7 Å². The molecule has 0 atom stereocenters. The highest BCUT2D eigenvalue weighted by Gasteiger charge is 2.22. The number of nitrogen functional groups attached to an aromatic ring is 1. The lowest BCUT2D eigenvalue weighted by atomic mass is 10.1. The van der Waals surface area contributed by atoms with Gasteiger partial charge in [0.25, 0.3) is 0 Å². The number of imidazole rings is 1. The van der Waals surface area contributed by atoms with Gasteiger partial charge in [0.2, 0.25) is 0 Å². The first-order valence-electron chi connectivity index (χ1n) is 13.8. The summed E-state index contributed by atoms with van der Waals surface area (Å²) in [6.45, 7) is 0.433. The van der Waals surface area contributed by atoms with Crippen molar-refractivity contribution in [3.8, 4) is 51.3 Å². The Labute approximate surface area is 250 Å². The van der Waals surface area contributed by atoms with E-state index < -0.39 is 0 Å². The molecule has 3 aromatic heterocycles. The smallest absolute Gasteiger partial charge is 0.165 e. The molecular formula is C34H32N6O3. The third kappa shape index (κ3) is 5.28. The first-order valence-corrected chi connectivity index (χ1v) is 13.8. The largest absolute Gasteiger partial charge is 0.494 e. The number of pyridine rings is 1. The topological polar surface area (TPSA) is 100 Å². The second kappa shape index (κ2) is 11.7. The van der Waals surface area contributed by atoms with Crippen molar-refractivity contribution in [2.45, 2.75) is 6.61 Å². The molecule has 6 aromatic rings. The van der Waals surface area contributed by atoms with Crippen LogP contribution in [0.3, 0.4) is 0 Å². The highest BCUT2D eigenvalue weighted by atomic mass is 16.5. The number of hydrogen-bond donors (Lipinski definition) is 1. The molecular weight excluding hydrogens is 540 g/mol. The van der Waals surface area contributed by atoms with Crippen LogP contribution in [0.1, 0.15) is 5.56 Å². The van der Waals surface area contributed by atoms with Gasteiger partial charge in [-0.15, -0.1) is 0 Å². The number of hydrogen-bond acceptors (Lipinski definition) is 8. The Morgan fingerprint density at radius 2 is 1.65 bits per heavy atom. The molecule has 0 radical (unpaired) electrons. The van der Waals surface area contributed by atoms with Gasteiger partial charge in [0.1, 0.15) is 12.3 Å². The summed E-state index contributed by atoms with van der Waals surface area (Å²) in [6, 6.07) is 27.4. The molecule has 9 heteroatoms. The lowest BCUT2D eigenvalue weighted by Crippen LogP contribution is -2.12. The summed E-state index contributed by atoms with van der Waals surface area (Å²) < 4.78 is 19.6. The SMILES string of the molecule is COc1cc(-c2nc3ccccn3c2-c2ccnc(-c3c(N(C)C)ccc(N)c3OC)n2)ccc1OCc1ccccc1. The number of rotatable bonds is 9. The Kier molecular flexibility index (Phi) is 7.53. The van der Waals surface area contributed by atoms with Crippen LogP contribution < -0.4 is 24.8 Å². The zero-order valence-electron chi connectivity index (χ0n) is 24.5. The molecule has 0 aliphatic carbocycles. The van der Waals surface area contributed by atoms with Crippen LogP contribution in [0.2, 0.25) is 0 Å². The number of benzene rings is 3. The molecule has 3 aromatic carbocycles. The second-order valence-corrected chi connectivity index (χ2v) is 10.1. The van der Waals surface area contributed by atoms with Gasteiger partial charge in [-0.05, 0) is 54.1 Å². The summed E-state index contributed by atoms with van der Waals surface area (Å²) in [5, 5.41) is 0. The van der Waals surface area contributed by atoms with E-state index in [1.807, 2.05) is 115 Å². The van der Waals surface area contributed by atoms with Crippen molar-refractivity contribution < 1.29 is 14.2 Å². The Bertz CT molecular complexity index is 1900. The van der Waals surface area contributed by atoms with Gasteiger partial charge in [0, 0.05) is 32.1 Å². The molecule has 6 rings (SSSR count). The number of nitrogens with zero attached hydrogens (tertiary/aromatic N) is 5. The summed E-state index contributed by atoms with van der Waals surface area (Å²) in [4.78, 5) is 16.7. The first kappa shape index (κ1) is 27.6. The lowest BCUT2D eigenvalue weighted by Gasteiger charge is -2.20. The third-order valence-electron chi connectivity index (χ3n) is 7.18. The predicted octanol–water partition coefficient (Wildman–Crippen LogP) is 6.37. The average molecular weight is 573 g/mol. The van der Waals surface area contributed by atoms with Gasteiger partial charge < -0.3 is 24.8 Å². The zero-order chi connectivity index (χ0) is 29.9. The maximum absolute atomic E-state index is 6.30. The van der Waals surface area contributed by atoms with E-state index >= 15 is 0 Å². The molecule has 0 saturated carbocycles. The van der Waals surface area contributed by atoms with Crippen molar-refractivity contribution in [2.75, 3.05) is 38.9 Å². The van der Waals surface area contributed by atoms with Gasteiger partial charge in [-0.3, -0.25) is 4.40 Å². The maximum Gasteiger partial charge on any atom is 0.165 e. The fourth-order valence-electron chi connectivity index (χ4n) is 5.12. The fraction of sp³-hybridized carbons (Fsp3) is 0.147. The molecule has 9 nitrogen and oxygen atoms in total. The average Bonchev–Trinajstić information content (AvgIpc) is 3.43. The summed E-state index contributed by atoms with van der Waals surface area (Å²) in [7, 11) is 7.15. The zero-order valence-corrected chi connectivity index (χ0v) is 24.5. The van der Waals surface area contributed by atoms with Crippen molar-refractivity contribution in [3.05, 3.63) is 103 Å². The van der Waals surface area contributed by atoms with Crippen LogP contribution in [0.4, 0.5) is 11.4 Å². The van der Waals surface area contributed by atoms with Gasteiger partial charge in [-0.1, -0.05) is 36.4 Å². The number of anilines is 2. The van der Waals surface area contributed by atoms with Crippen molar-refractivity contribution in [1.82, 2.24) is 19.4 Å². The Morgan fingerprint density at radius 1 is 0.837 bits per heavy atom. The number of aromatic nitrogens is 4. The molecule has 0 unspecified atom stereocenters. The Hall–Kier alpha value is -5.57. The van der Waals surface area contributed by atoms with E-state index in [-0.39, 0.29) is 0 Å². The minimum absolute atomic E-state index is 0.433. The summed E-state index contributed by atoms with van der Waals surface area (Å²) in [5.41, 5.74) is 13.4. The monoisotopic (exact) mass is 572 g/mol. The van der Waals surface area contributed by atoms with Gasteiger partial charge in [0.05, 0.1) is 48.2 Å². The molecule has 0 spiro atoms. The first-order chi connectivity index (χ1) is 21.0. The van der Waals surface area contributed by atoms with E-state index in [2.05, 4.69) is 4.98 Å². The Morgan fingerprint density at radius 3 is 2.42 bits per heavy atom. The third-order valence-corrected chi connectivity index (χ3v) is 7.18. The van der Waals surface area contributed by atoms with Gasteiger partial charge in [-0.25, -0.2) is 15.0 Å². The van der Waals surface area contributed by atoms with Crippen LogP contribution in [0.15, 0.2) is 97.3 Å². The number of methoxy groups -OCH3 is 2. The highest BCUT2D eigenvalue weighted by molar-refractivity contribution is 5.87. The van der Waals surface area contributed by atoms with Crippen LogP contribution in [0, 0.1) is 0 Å². The molecule has 0 fully saturated rings. The fourth-order valence-corrected chi connectivity index (χ4v) is 5.12. The van der Waals surface area contributed by atoms with E-state index in [1.165, 1.54) is 0 Å². The molecule has 0 saturated heterocycles. The maximum atomic E-state index is 6.30. The number of ether oxygens (including phenoxy) is 3. The standard InChI is InChI=1S/C34H32N6O3/c1-39(2)26-15-14-24(35)33(42-4)30(26)34-36-18-17-25(37-34)32-31(38-29-12-8-9-19-40(29)32)23-13-16-27(28(20-23)41-3)43-21-22-10-6-5-7-11-22/h5-20H,21,35H2,1-4H3. The normalized spacial score (nSPS) is 11.0. The summed E-state index contributed by atoms with van der Waals surface area (Å²) in [5.74, 6) is 2.27. The molecule has 3 heterocycles. The molecule has 0 amide bonds. The molecule has 43 heavy (non-hydrogen) atoms. The second-order valence-electron chi connectivity index (χ2n) is 10.1. The van der Waals surface area contributed by atoms with E-state index in [4.69, 9.17) is 29.9 Å². The minimum Gasteiger partial charge on any atom is -0.494 e. The van der Waals surface area contributed by atoms with Gasteiger partial charge >= 0.3 is 0 Å². The van der Waals surface area contributed by atoms with E-state index in [1.54, 1.807) is 20.4 Å². The van der Waals surface area contributed by atoms with Crippen LogP contribution in [-0.2, 0) is 6.61 Å². The van der Waals surface area contributed by atoms with Gasteiger partial charge in [0.15, 0.2) is 23.1 Å².